The van der Waals surface area contributed by atoms with Gasteiger partial charge in [0.1, 0.15) is 16.9 Å². The van der Waals surface area contributed by atoms with Crippen molar-refractivity contribution in [3.63, 3.8) is 0 Å². The minimum absolute atomic E-state index is 0.263. The zero-order valence-electron chi connectivity index (χ0n) is 11.3. The van der Waals surface area contributed by atoms with Crippen LogP contribution in [0, 0.1) is 0 Å². The molecule has 1 aromatic carbocycles. The van der Waals surface area contributed by atoms with Crippen LogP contribution in [0.3, 0.4) is 0 Å². The van der Waals surface area contributed by atoms with Gasteiger partial charge in [-0.25, -0.2) is 4.79 Å². The van der Waals surface area contributed by atoms with E-state index < -0.39 is 5.97 Å². The fourth-order valence-corrected chi connectivity index (χ4v) is 2.62. The van der Waals surface area contributed by atoms with E-state index in [1.165, 1.54) is 0 Å². The van der Waals surface area contributed by atoms with Gasteiger partial charge in [0.15, 0.2) is 0 Å². The number of rotatable bonds is 3. The predicted molar refractivity (Wildman–Crippen MR) is 73.9 cm³/mol. The zero-order chi connectivity index (χ0) is 14.1. The zero-order valence-corrected chi connectivity index (χ0v) is 11.3. The molecule has 1 N–H and O–H groups in total. The number of ether oxygens (including phenoxy) is 1. The van der Waals surface area contributed by atoms with Crippen LogP contribution in [0.2, 0.25) is 0 Å². The Balaban J connectivity index is 1.98. The van der Waals surface area contributed by atoms with Gasteiger partial charge in [-0.3, -0.25) is 4.90 Å². The number of hydrogen-bond acceptors (Lipinski definition) is 4. The molecular weight excluding hydrogens is 258 g/mol. The molecule has 106 valence electrons. The molecule has 0 bridgehead atoms. The number of benzene rings is 1. The smallest absolute Gasteiger partial charge is 0.339 e. The van der Waals surface area contributed by atoms with Crippen LogP contribution < -0.4 is 0 Å². The van der Waals surface area contributed by atoms with Gasteiger partial charge < -0.3 is 14.3 Å². The molecule has 1 saturated heterocycles. The minimum atomic E-state index is -0.939. The molecule has 5 heteroatoms. The first-order chi connectivity index (χ1) is 9.66. The monoisotopic (exact) mass is 275 g/mol. The molecule has 1 unspecified atom stereocenters. The maximum Gasteiger partial charge on any atom is 0.339 e. The number of carboxylic acids is 1. The lowest BCUT2D eigenvalue weighted by Gasteiger charge is -2.32. The van der Waals surface area contributed by atoms with Crippen molar-refractivity contribution in [1.82, 2.24) is 4.90 Å². The Morgan fingerprint density at radius 3 is 3.00 bits per heavy atom. The number of fused-ring (bicyclic) bond motifs is 1. The highest BCUT2D eigenvalue weighted by atomic mass is 16.5. The maximum absolute atomic E-state index is 11.5. The van der Waals surface area contributed by atoms with Crippen molar-refractivity contribution in [3.05, 3.63) is 35.6 Å². The summed E-state index contributed by atoms with van der Waals surface area (Å²) in [6.45, 7) is 4.70. The van der Waals surface area contributed by atoms with Gasteiger partial charge >= 0.3 is 5.97 Å². The van der Waals surface area contributed by atoms with E-state index in [0.29, 0.717) is 36.5 Å². The summed E-state index contributed by atoms with van der Waals surface area (Å²) in [4.78, 5) is 13.7. The topological polar surface area (TPSA) is 62.9 Å². The molecule has 0 spiro atoms. The van der Waals surface area contributed by atoms with E-state index in [4.69, 9.17) is 9.15 Å². The molecule has 20 heavy (non-hydrogen) atoms. The Kier molecular flexibility index (Phi) is 3.46. The number of carboxylic acid groups (broad SMARTS) is 1. The van der Waals surface area contributed by atoms with E-state index in [0.717, 1.165) is 6.54 Å². The molecule has 5 nitrogen and oxygen atoms in total. The summed E-state index contributed by atoms with van der Waals surface area (Å²) in [5, 5.41) is 10.1. The number of aromatic carboxylic acids is 1. The molecule has 2 heterocycles. The normalized spacial score (nSPS) is 20.4. The Morgan fingerprint density at radius 2 is 2.25 bits per heavy atom. The van der Waals surface area contributed by atoms with Gasteiger partial charge in [-0.05, 0) is 13.0 Å². The quantitative estimate of drug-likeness (QED) is 0.931. The lowest BCUT2D eigenvalue weighted by Crippen LogP contribution is -2.43. The summed E-state index contributed by atoms with van der Waals surface area (Å²) < 4.78 is 11.1. The van der Waals surface area contributed by atoms with Crippen molar-refractivity contribution >= 4 is 16.9 Å². The first-order valence-corrected chi connectivity index (χ1v) is 6.72. The summed E-state index contributed by atoms with van der Waals surface area (Å²) in [6.07, 6.45) is 0. The first-order valence-electron chi connectivity index (χ1n) is 6.72. The third-order valence-corrected chi connectivity index (χ3v) is 3.73. The highest BCUT2D eigenvalue weighted by Gasteiger charge is 2.25. The second-order valence-corrected chi connectivity index (χ2v) is 5.10. The molecule has 1 aliphatic heterocycles. The third kappa shape index (κ3) is 2.30. The van der Waals surface area contributed by atoms with E-state index in [1.807, 2.05) is 12.1 Å². The molecule has 3 rings (SSSR count). The van der Waals surface area contributed by atoms with Crippen molar-refractivity contribution in [2.24, 2.45) is 0 Å². The molecule has 0 radical (unpaired) electrons. The average molecular weight is 275 g/mol. The Hall–Kier alpha value is -1.85. The number of nitrogens with zero attached hydrogens (tertiary/aromatic N) is 1. The molecule has 1 fully saturated rings. The van der Waals surface area contributed by atoms with Crippen LogP contribution in [0.4, 0.5) is 0 Å². The molecule has 0 amide bonds. The van der Waals surface area contributed by atoms with Gasteiger partial charge in [0.25, 0.3) is 0 Å². The minimum Gasteiger partial charge on any atom is -0.478 e. The van der Waals surface area contributed by atoms with Crippen molar-refractivity contribution in [2.75, 3.05) is 19.8 Å². The fraction of sp³-hybridized carbons (Fsp3) is 0.400. The van der Waals surface area contributed by atoms with Gasteiger partial charge in [0, 0.05) is 18.0 Å². The number of morpholine rings is 1. The molecule has 2 aromatic rings. The highest BCUT2D eigenvalue weighted by molar-refractivity contribution is 6.03. The molecule has 0 aliphatic carbocycles. The summed E-state index contributed by atoms with van der Waals surface area (Å²) in [6, 6.07) is 7.52. The molecule has 1 aromatic heterocycles. The van der Waals surface area contributed by atoms with Crippen molar-refractivity contribution in [1.29, 1.82) is 0 Å². The summed E-state index contributed by atoms with van der Waals surface area (Å²) in [5.74, 6) is -0.418. The van der Waals surface area contributed by atoms with Gasteiger partial charge in [0.05, 0.1) is 19.8 Å². The number of hydrogen-bond donors (Lipinski definition) is 1. The first kappa shape index (κ1) is 13.1. The Bertz CT molecular complexity index is 634. The van der Waals surface area contributed by atoms with E-state index in [2.05, 4.69) is 11.8 Å². The van der Waals surface area contributed by atoms with Crippen LogP contribution in [-0.4, -0.2) is 41.8 Å². The van der Waals surface area contributed by atoms with Gasteiger partial charge in [0.2, 0.25) is 0 Å². The van der Waals surface area contributed by atoms with Crippen molar-refractivity contribution in [2.45, 2.75) is 19.5 Å². The fourth-order valence-electron chi connectivity index (χ4n) is 2.62. The van der Waals surface area contributed by atoms with E-state index >= 15 is 0 Å². The van der Waals surface area contributed by atoms with Crippen LogP contribution in [0.1, 0.15) is 23.0 Å². The number of carbonyl (C=O) groups is 1. The summed E-state index contributed by atoms with van der Waals surface area (Å²) in [7, 11) is 0. The standard InChI is InChI=1S/C15H17NO4/c1-10-9-19-7-6-16(10)8-13-14(15(17)18)11-4-2-3-5-12(11)20-13/h2-5,10H,6-9H2,1H3,(H,17,18). The predicted octanol–water partition coefficient (Wildman–Crippen LogP) is 2.35. The van der Waals surface area contributed by atoms with Crippen LogP contribution in [0.15, 0.2) is 28.7 Å². The molecular formula is C15H17NO4. The van der Waals surface area contributed by atoms with Crippen LogP contribution in [0.5, 0.6) is 0 Å². The van der Waals surface area contributed by atoms with Crippen LogP contribution in [0.25, 0.3) is 11.0 Å². The number of furan rings is 1. The lowest BCUT2D eigenvalue weighted by atomic mass is 10.1. The largest absolute Gasteiger partial charge is 0.478 e. The second-order valence-electron chi connectivity index (χ2n) is 5.10. The summed E-state index contributed by atoms with van der Waals surface area (Å²) in [5.41, 5.74) is 0.903. The average Bonchev–Trinajstić information content (AvgIpc) is 2.79. The van der Waals surface area contributed by atoms with Gasteiger partial charge in [-0.2, -0.15) is 0 Å². The lowest BCUT2D eigenvalue weighted by molar-refractivity contribution is -0.00708. The maximum atomic E-state index is 11.5. The van der Waals surface area contributed by atoms with E-state index in [-0.39, 0.29) is 11.6 Å². The Morgan fingerprint density at radius 1 is 1.45 bits per heavy atom. The third-order valence-electron chi connectivity index (χ3n) is 3.73. The van der Waals surface area contributed by atoms with Gasteiger partial charge in [-0.15, -0.1) is 0 Å². The van der Waals surface area contributed by atoms with Gasteiger partial charge in [-0.1, -0.05) is 18.2 Å². The van der Waals surface area contributed by atoms with E-state index in [1.54, 1.807) is 12.1 Å². The summed E-state index contributed by atoms with van der Waals surface area (Å²) >= 11 is 0. The SMILES string of the molecule is CC1COCCN1Cc1oc2ccccc2c1C(=O)O. The van der Waals surface area contributed by atoms with Crippen LogP contribution >= 0.6 is 0 Å². The second kappa shape index (κ2) is 5.26. The van der Waals surface area contributed by atoms with Crippen molar-refractivity contribution < 1.29 is 19.1 Å². The molecule has 0 saturated carbocycles. The van der Waals surface area contributed by atoms with Crippen molar-refractivity contribution in [3.8, 4) is 0 Å². The van der Waals surface area contributed by atoms with Crippen LogP contribution in [-0.2, 0) is 11.3 Å². The number of para-hydroxylation sites is 1. The molecule has 1 atom stereocenters. The molecule has 1 aliphatic rings. The Labute approximate surface area is 116 Å². The van der Waals surface area contributed by atoms with E-state index in [9.17, 15) is 9.90 Å². The highest BCUT2D eigenvalue weighted by Crippen LogP contribution is 2.27.